The van der Waals surface area contributed by atoms with E-state index in [1.807, 2.05) is 54.6 Å². The molecule has 1 atom stereocenters. The maximum atomic E-state index is 14.4. The maximum absolute atomic E-state index is 14.4. The van der Waals surface area contributed by atoms with E-state index in [9.17, 15) is 9.59 Å². The molecular formula is C41H46ClN3O4. The van der Waals surface area contributed by atoms with E-state index in [-0.39, 0.29) is 31.5 Å². The predicted octanol–water partition coefficient (Wildman–Crippen LogP) is 8.34. The number of ether oxygens (including phenoxy) is 2. The second-order valence-electron chi connectivity index (χ2n) is 12.9. The first-order valence-electron chi connectivity index (χ1n) is 17.4. The van der Waals surface area contributed by atoms with E-state index in [1.165, 1.54) is 43.2 Å². The van der Waals surface area contributed by atoms with Gasteiger partial charge in [-0.2, -0.15) is 5.26 Å². The predicted molar refractivity (Wildman–Crippen MR) is 193 cm³/mol. The summed E-state index contributed by atoms with van der Waals surface area (Å²) in [6.07, 6.45) is 8.06. The van der Waals surface area contributed by atoms with E-state index in [0.717, 1.165) is 6.42 Å². The Morgan fingerprint density at radius 1 is 0.939 bits per heavy atom. The van der Waals surface area contributed by atoms with Crippen LogP contribution in [0.25, 0.3) is 0 Å². The summed E-state index contributed by atoms with van der Waals surface area (Å²) in [5, 5.41) is 16.1. The average molecular weight is 680 g/mol. The minimum absolute atomic E-state index is 0.0445. The molecule has 1 saturated carbocycles. The highest BCUT2D eigenvalue weighted by molar-refractivity contribution is 6.30. The van der Waals surface area contributed by atoms with Crippen LogP contribution in [0.3, 0.4) is 0 Å². The third-order valence-electron chi connectivity index (χ3n) is 9.50. The minimum Gasteiger partial charge on any atom is -0.461 e. The summed E-state index contributed by atoms with van der Waals surface area (Å²) >= 11 is 6.48. The van der Waals surface area contributed by atoms with Crippen molar-refractivity contribution in [2.75, 3.05) is 26.4 Å². The number of benzene rings is 3. The lowest BCUT2D eigenvalue weighted by Gasteiger charge is -2.32. The van der Waals surface area contributed by atoms with Gasteiger partial charge in [0, 0.05) is 29.8 Å². The summed E-state index contributed by atoms with van der Waals surface area (Å²) in [5.41, 5.74) is 4.92. The van der Waals surface area contributed by atoms with Crippen molar-refractivity contribution in [3.8, 4) is 6.07 Å². The fourth-order valence-electron chi connectivity index (χ4n) is 7.06. The van der Waals surface area contributed by atoms with Gasteiger partial charge in [0.25, 0.3) is 0 Å². The fourth-order valence-corrected chi connectivity index (χ4v) is 7.26. The smallest absolute Gasteiger partial charge is 0.336 e. The number of amides is 1. The second kappa shape index (κ2) is 18.4. The zero-order valence-corrected chi connectivity index (χ0v) is 29.0. The summed E-state index contributed by atoms with van der Waals surface area (Å²) in [6, 6.07) is 29.8. The largest absolute Gasteiger partial charge is 0.461 e. The van der Waals surface area contributed by atoms with Crippen molar-refractivity contribution in [1.82, 2.24) is 10.6 Å². The molecule has 1 fully saturated rings. The van der Waals surface area contributed by atoms with E-state index in [0.29, 0.717) is 58.6 Å². The van der Waals surface area contributed by atoms with Crippen LogP contribution in [-0.4, -0.2) is 38.2 Å². The van der Waals surface area contributed by atoms with Crippen LogP contribution >= 0.6 is 11.6 Å². The first-order valence-corrected chi connectivity index (χ1v) is 17.8. The lowest BCUT2D eigenvalue weighted by atomic mass is 9.79. The number of dihydropyridines is 1. The molecule has 2 aliphatic rings. The number of rotatable bonds is 15. The van der Waals surface area contributed by atoms with Gasteiger partial charge in [-0.05, 0) is 54.5 Å². The van der Waals surface area contributed by atoms with Crippen molar-refractivity contribution >= 4 is 23.5 Å². The fraction of sp³-hybridized carbons (Fsp3) is 0.390. The van der Waals surface area contributed by atoms with Crippen molar-refractivity contribution in [3.05, 3.63) is 129 Å². The van der Waals surface area contributed by atoms with Crippen LogP contribution in [0.2, 0.25) is 5.02 Å². The molecular weight excluding hydrogens is 634 g/mol. The molecule has 5 rings (SSSR count). The number of hydrogen-bond acceptors (Lipinski definition) is 6. The van der Waals surface area contributed by atoms with Gasteiger partial charge in [0.05, 0.1) is 41.9 Å². The first kappa shape index (κ1) is 35.9. The normalized spacial score (nSPS) is 16.7. The average Bonchev–Trinajstić information content (AvgIpc) is 3.12. The Morgan fingerprint density at radius 3 is 2.29 bits per heavy atom. The number of halogens is 1. The monoisotopic (exact) mass is 679 g/mol. The van der Waals surface area contributed by atoms with E-state index < -0.39 is 11.9 Å². The number of nitriles is 1. The van der Waals surface area contributed by atoms with Gasteiger partial charge in [0.2, 0.25) is 5.91 Å². The number of nitrogens with one attached hydrogen (secondary N) is 2. The van der Waals surface area contributed by atoms with Gasteiger partial charge in [-0.25, -0.2) is 4.79 Å². The molecule has 3 aromatic carbocycles. The van der Waals surface area contributed by atoms with Crippen LogP contribution in [0.4, 0.5) is 0 Å². The third kappa shape index (κ3) is 9.84. The Morgan fingerprint density at radius 2 is 1.63 bits per heavy atom. The van der Waals surface area contributed by atoms with Crippen molar-refractivity contribution < 1.29 is 19.1 Å². The quantitative estimate of drug-likeness (QED) is 0.124. The van der Waals surface area contributed by atoms with Crippen LogP contribution in [0.15, 0.2) is 107 Å². The van der Waals surface area contributed by atoms with Crippen molar-refractivity contribution in [2.24, 2.45) is 5.92 Å². The molecule has 3 aromatic rings. The van der Waals surface area contributed by atoms with Gasteiger partial charge in [-0.3, -0.25) is 4.79 Å². The zero-order chi connectivity index (χ0) is 34.4. The summed E-state index contributed by atoms with van der Waals surface area (Å²) in [4.78, 5) is 28.1. The van der Waals surface area contributed by atoms with Crippen LogP contribution in [0.5, 0.6) is 0 Å². The van der Waals surface area contributed by atoms with Crippen molar-refractivity contribution in [3.63, 3.8) is 0 Å². The Labute approximate surface area is 295 Å². The zero-order valence-electron chi connectivity index (χ0n) is 28.3. The second-order valence-corrected chi connectivity index (χ2v) is 13.3. The minimum atomic E-state index is -0.759. The van der Waals surface area contributed by atoms with Gasteiger partial charge >= 0.3 is 5.97 Å². The van der Waals surface area contributed by atoms with Crippen LogP contribution < -0.4 is 10.6 Å². The lowest BCUT2D eigenvalue weighted by molar-refractivity contribution is -0.139. The van der Waals surface area contributed by atoms with E-state index in [2.05, 4.69) is 34.9 Å². The molecule has 1 unspecified atom stereocenters. The molecule has 0 aromatic heterocycles. The number of carbonyl (C=O) groups is 2. The molecule has 2 N–H and O–H groups in total. The van der Waals surface area contributed by atoms with Gasteiger partial charge in [-0.1, -0.05) is 117 Å². The maximum Gasteiger partial charge on any atom is 0.336 e. The molecule has 1 aliphatic carbocycles. The van der Waals surface area contributed by atoms with Gasteiger partial charge in [0.1, 0.15) is 6.61 Å². The highest BCUT2D eigenvalue weighted by Crippen LogP contribution is 2.40. The number of esters is 1. The third-order valence-corrected chi connectivity index (χ3v) is 9.74. The SMILES string of the molecule is CC1=C(C(=O)OCCC#N)C(c2cccc(Cl)c2)C(C(=O)NCCC(c2ccccc2)c2ccccc2)=C(COCCC2CCCCC2)N1. The van der Waals surface area contributed by atoms with E-state index in [1.54, 1.807) is 19.1 Å². The first-order chi connectivity index (χ1) is 24.0. The molecule has 256 valence electrons. The Kier molecular flexibility index (Phi) is 13.5. The Bertz CT molecular complexity index is 1620. The van der Waals surface area contributed by atoms with Crippen molar-refractivity contribution in [1.29, 1.82) is 5.26 Å². The molecule has 49 heavy (non-hydrogen) atoms. The molecule has 8 heteroatoms. The van der Waals surface area contributed by atoms with E-state index in [4.69, 9.17) is 26.3 Å². The standard InChI is InChI=1S/C41H46ClN3O4/c1-29-37(41(47)49-25-12-23-43)38(33-19-11-20-34(42)27-33)39(36(45-29)28-48-26-22-30-13-5-2-6-14-30)40(46)44-24-21-35(31-15-7-3-8-16-31)32-17-9-4-10-18-32/h3-4,7-11,15-20,27,30,35,38,45H,2,5-6,12-14,21-22,24-26,28H2,1H3,(H,44,46). The molecule has 0 saturated heterocycles. The molecule has 0 radical (unpaired) electrons. The Balaban J connectivity index is 1.43. The summed E-state index contributed by atoms with van der Waals surface area (Å²) in [5.74, 6) is -0.882. The number of carbonyl (C=O) groups excluding carboxylic acids is 2. The molecule has 1 amide bonds. The number of allylic oxidation sites excluding steroid dienone is 1. The molecule has 0 bridgehead atoms. The molecule has 7 nitrogen and oxygen atoms in total. The molecule has 1 heterocycles. The highest BCUT2D eigenvalue weighted by Gasteiger charge is 2.38. The van der Waals surface area contributed by atoms with Gasteiger partial charge in [-0.15, -0.1) is 0 Å². The van der Waals surface area contributed by atoms with E-state index >= 15 is 0 Å². The lowest BCUT2D eigenvalue weighted by Crippen LogP contribution is -2.39. The number of nitrogens with zero attached hydrogens (tertiary/aromatic N) is 1. The number of hydrogen-bond donors (Lipinski definition) is 2. The molecule has 0 spiro atoms. The van der Waals surface area contributed by atoms with Crippen LogP contribution in [-0.2, 0) is 19.1 Å². The summed E-state index contributed by atoms with van der Waals surface area (Å²) < 4.78 is 11.8. The Hall–Kier alpha value is -4.38. The summed E-state index contributed by atoms with van der Waals surface area (Å²) in [6.45, 7) is 2.95. The van der Waals surface area contributed by atoms with Crippen molar-refractivity contribution in [2.45, 2.75) is 70.1 Å². The molecule has 1 aliphatic heterocycles. The van der Waals surface area contributed by atoms with Crippen LogP contribution in [0, 0.1) is 17.2 Å². The van der Waals surface area contributed by atoms with Gasteiger partial charge < -0.3 is 20.1 Å². The topological polar surface area (TPSA) is 100 Å². The van der Waals surface area contributed by atoms with Crippen LogP contribution in [0.1, 0.15) is 86.8 Å². The van der Waals surface area contributed by atoms with Gasteiger partial charge in [0.15, 0.2) is 0 Å². The highest BCUT2D eigenvalue weighted by atomic mass is 35.5. The summed E-state index contributed by atoms with van der Waals surface area (Å²) in [7, 11) is 0.